The normalized spacial score (nSPS) is 10.8. The van der Waals surface area contributed by atoms with Gasteiger partial charge in [-0.3, -0.25) is 0 Å². The average molecular weight is 447 g/mol. The van der Waals surface area contributed by atoms with Crippen LogP contribution in [0.3, 0.4) is 0 Å². The zero-order chi connectivity index (χ0) is 22.2. The van der Waals surface area contributed by atoms with E-state index in [0.717, 1.165) is 28.8 Å². The fourth-order valence-electron chi connectivity index (χ4n) is 3.60. The Labute approximate surface area is 191 Å². The van der Waals surface area contributed by atoms with Crippen LogP contribution in [0.5, 0.6) is 0 Å². The highest BCUT2D eigenvalue weighted by molar-refractivity contribution is 7.07. The van der Waals surface area contributed by atoms with Gasteiger partial charge in [0.05, 0.1) is 12.9 Å². The fraction of sp³-hybridized carbons (Fsp3) is 0.200. The number of aliphatic hydroxyl groups excluding tert-OH is 1. The minimum atomic E-state index is -0.185. The second-order valence-electron chi connectivity index (χ2n) is 7.52. The fourth-order valence-corrected chi connectivity index (χ4v) is 4.26. The maximum atomic E-state index is 12.8. The van der Waals surface area contributed by atoms with Crippen molar-refractivity contribution in [3.63, 3.8) is 0 Å². The van der Waals surface area contributed by atoms with Crippen LogP contribution in [0.2, 0.25) is 0 Å². The van der Waals surface area contributed by atoms with Gasteiger partial charge in [0.1, 0.15) is 0 Å². The minimum Gasteiger partial charge on any atom is -0.395 e. The first-order valence-corrected chi connectivity index (χ1v) is 11.4. The average Bonchev–Trinajstić information content (AvgIpc) is 3.52. The molecule has 2 amide bonds. The smallest absolute Gasteiger partial charge is 0.318 e. The number of hydrogen-bond acceptors (Lipinski definition) is 4. The van der Waals surface area contributed by atoms with Gasteiger partial charge in [0, 0.05) is 38.6 Å². The van der Waals surface area contributed by atoms with Gasteiger partial charge >= 0.3 is 6.03 Å². The number of hydrogen-bond donors (Lipinski definition) is 2. The largest absolute Gasteiger partial charge is 0.395 e. The van der Waals surface area contributed by atoms with Crippen molar-refractivity contribution < 1.29 is 9.90 Å². The molecule has 0 fully saturated rings. The van der Waals surface area contributed by atoms with Crippen LogP contribution in [-0.2, 0) is 19.6 Å². The van der Waals surface area contributed by atoms with Gasteiger partial charge < -0.3 is 19.9 Å². The highest BCUT2D eigenvalue weighted by atomic mass is 32.1. The third kappa shape index (κ3) is 5.63. The van der Waals surface area contributed by atoms with Gasteiger partial charge in [0.25, 0.3) is 0 Å². The molecule has 0 atom stereocenters. The molecule has 2 aromatic carbocycles. The third-order valence-electron chi connectivity index (χ3n) is 5.25. The number of thiophene rings is 1. The van der Waals surface area contributed by atoms with Crippen molar-refractivity contribution in [3.8, 4) is 11.1 Å². The molecule has 0 bridgehead atoms. The number of urea groups is 1. The SMILES string of the molecule is O=C(NCc1ccccc1-c1ccc(Cn2ccnc2)cc1)N(CCO)Cc1ccsc1. The number of aliphatic hydroxyl groups is 1. The molecule has 0 aliphatic carbocycles. The number of amides is 2. The van der Waals surface area contributed by atoms with Gasteiger partial charge in [-0.05, 0) is 44.6 Å². The Hall–Kier alpha value is -3.42. The molecule has 0 aliphatic rings. The van der Waals surface area contributed by atoms with Crippen LogP contribution in [-0.4, -0.2) is 38.7 Å². The second-order valence-corrected chi connectivity index (χ2v) is 8.30. The van der Waals surface area contributed by atoms with E-state index in [2.05, 4.69) is 40.6 Å². The molecule has 2 heterocycles. The van der Waals surface area contributed by atoms with E-state index in [-0.39, 0.29) is 12.6 Å². The lowest BCUT2D eigenvalue weighted by Gasteiger charge is -2.22. The maximum absolute atomic E-state index is 12.8. The summed E-state index contributed by atoms with van der Waals surface area (Å²) < 4.78 is 2.03. The number of aromatic nitrogens is 2. The van der Waals surface area contributed by atoms with E-state index in [9.17, 15) is 9.90 Å². The standard InChI is InChI=1S/C25H26N4O2S/c30-13-12-29(17-21-9-14-32-18-21)25(31)27-15-23-3-1-2-4-24(23)22-7-5-20(6-8-22)16-28-11-10-26-19-28/h1-11,14,18-19,30H,12-13,15-17H2,(H,27,31). The molecule has 4 rings (SSSR count). The molecule has 7 heteroatoms. The summed E-state index contributed by atoms with van der Waals surface area (Å²) in [6.07, 6.45) is 5.54. The summed E-state index contributed by atoms with van der Waals surface area (Å²) in [5, 5.41) is 16.4. The van der Waals surface area contributed by atoms with E-state index < -0.39 is 0 Å². The summed E-state index contributed by atoms with van der Waals surface area (Å²) >= 11 is 1.60. The van der Waals surface area contributed by atoms with Crippen molar-refractivity contribution in [2.75, 3.05) is 13.2 Å². The van der Waals surface area contributed by atoms with Gasteiger partial charge in [-0.25, -0.2) is 9.78 Å². The van der Waals surface area contributed by atoms with Crippen LogP contribution in [0.1, 0.15) is 16.7 Å². The van der Waals surface area contributed by atoms with Crippen LogP contribution in [0, 0.1) is 0 Å². The lowest BCUT2D eigenvalue weighted by atomic mass is 9.98. The lowest BCUT2D eigenvalue weighted by Crippen LogP contribution is -2.40. The van der Waals surface area contributed by atoms with E-state index in [1.165, 1.54) is 5.56 Å². The second kappa shape index (κ2) is 10.7. The number of rotatable bonds is 9. The molecular formula is C25H26N4O2S. The number of benzene rings is 2. The summed E-state index contributed by atoms with van der Waals surface area (Å²) in [6.45, 7) is 1.90. The summed E-state index contributed by atoms with van der Waals surface area (Å²) in [4.78, 5) is 18.5. The summed E-state index contributed by atoms with van der Waals surface area (Å²) in [5.41, 5.74) is 5.51. The Kier molecular flexibility index (Phi) is 7.32. The molecule has 0 spiro atoms. The molecular weight excluding hydrogens is 420 g/mol. The van der Waals surface area contributed by atoms with E-state index in [4.69, 9.17) is 0 Å². The molecule has 164 valence electrons. The number of nitrogens with zero attached hydrogens (tertiary/aromatic N) is 3. The van der Waals surface area contributed by atoms with Gasteiger partial charge in [0.15, 0.2) is 0 Å². The zero-order valence-corrected chi connectivity index (χ0v) is 18.5. The van der Waals surface area contributed by atoms with Crippen LogP contribution >= 0.6 is 11.3 Å². The van der Waals surface area contributed by atoms with Crippen molar-refractivity contribution in [2.45, 2.75) is 19.6 Å². The van der Waals surface area contributed by atoms with Gasteiger partial charge in [-0.1, -0.05) is 48.5 Å². The molecule has 2 N–H and O–H groups in total. The first kappa shape index (κ1) is 21.8. The molecule has 0 saturated heterocycles. The van der Waals surface area contributed by atoms with Gasteiger partial charge in [-0.2, -0.15) is 11.3 Å². The molecule has 4 aromatic rings. The van der Waals surface area contributed by atoms with E-state index >= 15 is 0 Å². The highest BCUT2D eigenvalue weighted by Crippen LogP contribution is 2.24. The molecule has 2 aromatic heterocycles. The summed E-state index contributed by atoms with van der Waals surface area (Å²) in [6, 6.07) is 18.4. The molecule has 0 unspecified atom stereocenters. The zero-order valence-electron chi connectivity index (χ0n) is 17.7. The maximum Gasteiger partial charge on any atom is 0.318 e. The van der Waals surface area contributed by atoms with Crippen molar-refractivity contribution in [3.05, 3.63) is 101 Å². The number of carbonyl (C=O) groups is 1. The molecule has 32 heavy (non-hydrogen) atoms. The topological polar surface area (TPSA) is 70.4 Å². The Balaban J connectivity index is 1.43. The van der Waals surface area contributed by atoms with E-state index in [1.807, 2.05) is 52.1 Å². The molecule has 6 nitrogen and oxygen atoms in total. The molecule has 0 aliphatic heterocycles. The van der Waals surface area contributed by atoms with Crippen molar-refractivity contribution in [1.82, 2.24) is 19.8 Å². The monoisotopic (exact) mass is 446 g/mol. The van der Waals surface area contributed by atoms with Crippen LogP contribution in [0.25, 0.3) is 11.1 Å². The highest BCUT2D eigenvalue weighted by Gasteiger charge is 2.14. The summed E-state index contributed by atoms with van der Waals surface area (Å²) in [7, 11) is 0. The van der Waals surface area contributed by atoms with E-state index in [1.54, 1.807) is 22.4 Å². The number of carbonyl (C=O) groups excluding carboxylic acids is 1. The minimum absolute atomic E-state index is 0.0699. The first-order chi connectivity index (χ1) is 15.7. The quantitative estimate of drug-likeness (QED) is 0.401. The van der Waals surface area contributed by atoms with Crippen LogP contribution in [0.15, 0.2) is 84.1 Å². The van der Waals surface area contributed by atoms with Gasteiger partial charge in [0.2, 0.25) is 0 Å². The molecule has 0 saturated carbocycles. The Morgan fingerprint density at radius 2 is 1.94 bits per heavy atom. The van der Waals surface area contributed by atoms with Crippen molar-refractivity contribution >= 4 is 17.4 Å². The van der Waals surface area contributed by atoms with Crippen LogP contribution in [0.4, 0.5) is 4.79 Å². The van der Waals surface area contributed by atoms with Crippen LogP contribution < -0.4 is 5.32 Å². The Bertz CT molecular complexity index is 1110. The van der Waals surface area contributed by atoms with E-state index in [0.29, 0.717) is 19.6 Å². The molecule has 0 radical (unpaired) electrons. The number of imidazole rings is 1. The predicted octanol–water partition coefficient (Wildman–Crippen LogP) is 4.36. The third-order valence-corrected chi connectivity index (χ3v) is 5.98. The summed E-state index contributed by atoms with van der Waals surface area (Å²) in [5.74, 6) is 0. The number of nitrogens with one attached hydrogen (secondary N) is 1. The first-order valence-electron chi connectivity index (χ1n) is 10.5. The lowest BCUT2D eigenvalue weighted by molar-refractivity contribution is 0.174. The Morgan fingerprint density at radius 3 is 2.66 bits per heavy atom. The predicted molar refractivity (Wildman–Crippen MR) is 127 cm³/mol. The Morgan fingerprint density at radius 1 is 1.09 bits per heavy atom. The van der Waals surface area contributed by atoms with Crippen molar-refractivity contribution in [2.24, 2.45) is 0 Å². The van der Waals surface area contributed by atoms with Crippen molar-refractivity contribution in [1.29, 1.82) is 0 Å². The van der Waals surface area contributed by atoms with Gasteiger partial charge in [-0.15, -0.1) is 0 Å².